The molecule has 1 aliphatic carbocycles. The molecule has 0 heterocycles. The Balaban J connectivity index is 0.000000640. The van der Waals surface area contributed by atoms with E-state index in [1.165, 1.54) is 38.5 Å². The summed E-state index contributed by atoms with van der Waals surface area (Å²) in [6.07, 6.45) is 8.93. The summed E-state index contributed by atoms with van der Waals surface area (Å²) in [6.45, 7) is 2.32. The summed E-state index contributed by atoms with van der Waals surface area (Å²) in [5.74, 6) is 1.09. The van der Waals surface area contributed by atoms with Crippen LogP contribution >= 0.6 is 0 Å². The van der Waals surface area contributed by atoms with Crippen molar-refractivity contribution in [2.75, 3.05) is 0 Å². The van der Waals surface area contributed by atoms with Crippen LogP contribution < -0.4 is 0 Å². The third kappa shape index (κ3) is 3.33. The van der Waals surface area contributed by atoms with Gasteiger partial charge in [0, 0.05) is 0 Å². The molecular formula is C8H17Li. The number of rotatable bonds is 1. The minimum absolute atomic E-state index is 0. The molecule has 1 fully saturated rings. The SMILES string of the molecule is CCC1CCCCC1.[LiH]. The first-order chi connectivity index (χ1) is 3.93. The average Bonchev–Trinajstić information content (AvgIpc) is 1.90. The molecule has 1 heteroatoms. The first kappa shape index (κ1) is 9.60. The van der Waals surface area contributed by atoms with E-state index in [0.29, 0.717) is 0 Å². The van der Waals surface area contributed by atoms with Crippen LogP contribution in [0.15, 0.2) is 0 Å². The molecule has 0 aromatic rings. The first-order valence-corrected chi connectivity index (χ1v) is 3.93. The fourth-order valence-corrected chi connectivity index (χ4v) is 1.60. The van der Waals surface area contributed by atoms with Crippen LogP contribution in [0, 0.1) is 5.92 Å². The van der Waals surface area contributed by atoms with Crippen molar-refractivity contribution in [3.8, 4) is 0 Å². The van der Waals surface area contributed by atoms with E-state index in [-0.39, 0.29) is 18.9 Å². The Kier molecular flexibility index (Phi) is 5.75. The second kappa shape index (κ2) is 5.39. The Morgan fingerprint density at radius 1 is 1.11 bits per heavy atom. The van der Waals surface area contributed by atoms with Gasteiger partial charge in [-0.2, -0.15) is 0 Å². The predicted molar refractivity (Wildman–Crippen MR) is 44.0 cm³/mol. The molecule has 0 spiro atoms. The standard InChI is InChI=1S/C8H16.Li.H/c1-2-8-6-4-3-5-7-8;;/h8H,2-7H2,1H3;;. The Morgan fingerprint density at radius 2 is 1.67 bits per heavy atom. The molecule has 1 aliphatic rings. The van der Waals surface area contributed by atoms with E-state index in [0.717, 1.165) is 5.92 Å². The molecule has 50 valence electrons. The Labute approximate surface area is 70.6 Å². The van der Waals surface area contributed by atoms with Crippen molar-refractivity contribution in [1.29, 1.82) is 0 Å². The van der Waals surface area contributed by atoms with Gasteiger partial charge in [-0.1, -0.05) is 45.4 Å². The molecule has 1 saturated carbocycles. The van der Waals surface area contributed by atoms with Crippen LogP contribution in [0.3, 0.4) is 0 Å². The van der Waals surface area contributed by atoms with Crippen LogP contribution in [0.4, 0.5) is 0 Å². The fourth-order valence-electron chi connectivity index (χ4n) is 1.60. The van der Waals surface area contributed by atoms with Crippen LogP contribution in [0.25, 0.3) is 0 Å². The van der Waals surface area contributed by atoms with E-state index >= 15 is 0 Å². The first-order valence-electron chi connectivity index (χ1n) is 3.93. The molecule has 0 radical (unpaired) electrons. The van der Waals surface area contributed by atoms with Crippen LogP contribution in [-0.2, 0) is 0 Å². The molecule has 0 amide bonds. The summed E-state index contributed by atoms with van der Waals surface area (Å²) < 4.78 is 0. The van der Waals surface area contributed by atoms with Gasteiger partial charge in [0.05, 0.1) is 0 Å². The van der Waals surface area contributed by atoms with Crippen LogP contribution in [-0.4, -0.2) is 18.9 Å². The Bertz CT molecular complexity index is 55.6. The normalized spacial score (nSPS) is 21.0. The van der Waals surface area contributed by atoms with E-state index in [1.807, 2.05) is 0 Å². The van der Waals surface area contributed by atoms with Crippen molar-refractivity contribution >= 4 is 18.9 Å². The van der Waals surface area contributed by atoms with Gasteiger partial charge in [0.15, 0.2) is 0 Å². The predicted octanol–water partition coefficient (Wildman–Crippen LogP) is 2.33. The maximum atomic E-state index is 2.32. The van der Waals surface area contributed by atoms with E-state index in [1.54, 1.807) is 0 Å². The molecule has 1 rings (SSSR count). The second-order valence-corrected chi connectivity index (χ2v) is 2.91. The van der Waals surface area contributed by atoms with Gasteiger partial charge in [0.25, 0.3) is 0 Å². The van der Waals surface area contributed by atoms with Gasteiger partial charge < -0.3 is 0 Å². The van der Waals surface area contributed by atoms with Crippen molar-refractivity contribution in [2.45, 2.75) is 45.4 Å². The zero-order chi connectivity index (χ0) is 5.82. The van der Waals surface area contributed by atoms with E-state index < -0.39 is 0 Å². The molecule has 0 nitrogen and oxygen atoms in total. The van der Waals surface area contributed by atoms with Crippen molar-refractivity contribution in [1.82, 2.24) is 0 Å². The summed E-state index contributed by atoms with van der Waals surface area (Å²) in [6, 6.07) is 0. The minimum atomic E-state index is 0. The zero-order valence-corrected chi connectivity index (χ0v) is 5.82. The van der Waals surface area contributed by atoms with Gasteiger partial charge in [0.1, 0.15) is 0 Å². The molecule has 0 saturated heterocycles. The Hall–Kier alpha value is 0.597. The van der Waals surface area contributed by atoms with Crippen LogP contribution in [0.2, 0.25) is 0 Å². The molecule has 0 atom stereocenters. The zero-order valence-electron chi connectivity index (χ0n) is 5.82. The summed E-state index contributed by atoms with van der Waals surface area (Å²) in [5, 5.41) is 0. The van der Waals surface area contributed by atoms with E-state index in [4.69, 9.17) is 0 Å². The molecule has 0 unspecified atom stereocenters. The van der Waals surface area contributed by atoms with Gasteiger partial charge in [-0.15, -0.1) is 0 Å². The van der Waals surface area contributed by atoms with Gasteiger partial charge in [-0.3, -0.25) is 0 Å². The van der Waals surface area contributed by atoms with Gasteiger partial charge in [0.2, 0.25) is 0 Å². The molecule has 0 aromatic carbocycles. The van der Waals surface area contributed by atoms with Gasteiger partial charge >= 0.3 is 18.9 Å². The van der Waals surface area contributed by atoms with Crippen LogP contribution in [0.1, 0.15) is 45.4 Å². The number of hydrogen-bond donors (Lipinski definition) is 0. The van der Waals surface area contributed by atoms with E-state index in [2.05, 4.69) is 6.92 Å². The quantitative estimate of drug-likeness (QED) is 0.466. The van der Waals surface area contributed by atoms with Crippen LogP contribution in [0.5, 0.6) is 0 Å². The molecule has 0 aliphatic heterocycles. The van der Waals surface area contributed by atoms with Crippen molar-refractivity contribution in [3.63, 3.8) is 0 Å². The monoisotopic (exact) mass is 120 g/mol. The van der Waals surface area contributed by atoms with Gasteiger partial charge in [-0.05, 0) is 5.92 Å². The maximum absolute atomic E-state index is 2.32. The van der Waals surface area contributed by atoms with Gasteiger partial charge in [-0.25, -0.2) is 0 Å². The topological polar surface area (TPSA) is 0 Å². The second-order valence-electron chi connectivity index (χ2n) is 2.91. The fraction of sp³-hybridized carbons (Fsp3) is 1.00. The molecule has 0 aromatic heterocycles. The number of hydrogen-bond acceptors (Lipinski definition) is 0. The molecule has 0 bridgehead atoms. The molecular weight excluding hydrogens is 103 g/mol. The molecule has 0 N–H and O–H groups in total. The third-order valence-corrected chi connectivity index (χ3v) is 2.30. The summed E-state index contributed by atoms with van der Waals surface area (Å²) in [7, 11) is 0. The van der Waals surface area contributed by atoms with E-state index in [9.17, 15) is 0 Å². The Morgan fingerprint density at radius 3 is 2.00 bits per heavy atom. The average molecular weight is 120 g/mol. The summed E-state index contributed by atoms with van der Waals surface area (Å²) in [5.41, 5.74) is 0. The molecule has 9 heavy (non-hydrogen) atoms. The summed E-state index contributed by atoms with van der Waals surface area (Å²) >= 11 is 0. The van der Waals surface area contributed by atoms with Crippen molar-refractivity contribution in [3.05, 3.63) is 0 Å². The summed E-state index contributed by atoms with van der Waals surface area (Å²) in [4.78, 5) is 0. The van der Waals surface area contributed by atoms with Crippen molar-refractivity contribution < 1.29 is 0 Å². The third-order valence-electron chi connectivity index (χ3n) is 2.30. The van der Waals surface area contributed by atoms with Crippen molar-refractivity contribution in [2.24, 2.45) is 5.92 Å².